The number of hydrogen-bond donors (Lipinski definition) is 3. The van der Waals surface area contributed by atoms with Crippen molar-refractivity contribution in [1.82, 2.24) is 9.97 Å². The van der Waals surface area contributed by atoms with Crippen LogP contribution in [0.3, 0.4) is 0 Å². The van der Waals surface area contributed by atoms with E-state index in [0.717, 1.165) is 28.3 Å². The molecule has 0 spiro atoms. The molecule has 30 heavy (non-hydrogen) atoms. The lowest BCUT2D eigenvalue weighted by atomic mass is 9.97. The minimum Gasteiger partial charge on any atom is -0.497 e. The van der Waals surface area contributed by atoms with E-state index in [9.17, 15) is 4.79 Å². The Balaban J connectivity index is 2.01. The molecule has 0 fully saturated rings. The van der Waals surface area contributed by atoms with Gasteiger partial charge in [0.2, 0.25) is 5.95 Å². The number of hydrogen-bond acceptors (Lipinski definition) is 7. The molecule has 2 aromatic carbocycles. The number of aromatic nitrogens is 2. The Hall–Kier alpha value is -4.07. The Labute approximate surface area is 173 Å². The molecular formula is C22H22N4O4. The maximum Gasteiger partial charge on any atom is 0.328 e. The second-order valence-electron chi connectivity index (χ2n) is 6.52. The zero-order valence-corrected chi connectivity index (χ0v) is 16.6. The molecule has 8 heteroatoms. The Bertz CT molecular complexity index is 1110. The molecule has 0 amide bonds. The fourth-order valence-electron chi connectivity index (χ4n) is 3.04. The Morgan fingerprint density at radius 3 is 2.60 bits per heavy atom. The van der Waals surface area contributed by atoms with E-state index in [-0.39, 0.29) is 5.95 Å². The number of ether oxygens (including phenoxy) is 2. The molecule has 0 saturated carbocycles. The molecule has 3 rings (SSSR count). The van der Waals surface area contributed by atoms with Crippen molar-refractivity contribution in [1.29, 1.82) is 0 Å². The van der Waals surface area contributed by atoms with E-state index in [1.807, 2.05) is 30.3 Å². The molecule has 0 bridgehead atoms. The van der Waals surface area contributed by atoms with Gasteiger partial charge in [0.15, 0.2) is 0 Å². The van der Waals surface area contributed by atoms with Crippen molar-refractivity contribution >= 4 is 23.8 Å². The van der Waals surface area contributed by atoms with Crippen LogP contribution < -0.4 is 20.9 Å². The maximum atomic E-state index is 10.8. The van der Waals surface area contributed by atoms with Gasteiger partial charge in [-0.2, -0.15) is 4.98 Å². The van der Waals surface area contributed by atoms with Gasteiger partial charge >= 0.3 is 5.97 Å². The number of nitrogens with two attached hydrogens (primary N) is 2. The second-order valence-corrected chi connectivity index (χ2v) is 6.52. The predicted molar refractivity (Wildman–Crippen MR) is 115 cm³/mol. The van der Waals surface area contributed by atoms with E-state index in [0.29, 0.717) is 29.3 Å². The van der Waals surface area contributed by atoms with Crippen LogP contribution in [0.25, 0.3) is 17.2 Å². The van der Waals surface area contributed by atoms with Crippen LogP contribution in [0.15, 0.2) is 48.7 Å². The third-order valence-electron chi connectivity index (χ3n) is 4.47. The second kappa shape index (κ2) is 8.95. The summed E-state index contributed by atoms with van der Waals surface area (Å²) in [6.45, 7) is 0. The summed E-state index contributed by atoms with van der Waals surface area (Å²) in [5.74, 6) is 0.733. The molecule has 1 heterocycles. The zero-order chi connectivity index (χ0) is 21.7. The van der Waals surface area contributed by atoms with Crippen molar-refractivity contribution in [3.8, 4) is 22.6 Å². The standard InChI is InChI=1S/C22H22N4O4/c1-29-17-9-14(8-16-12-25-22(24)26-21(16)23)7-15(11-17)18-5-3-13(4-6-20(27)28)10-19(18)30-2/h3-7,9-12H,8H2,1-2H3,(H,27,28)(H4,23,24,25,26)/b6-4+. The molecule has 3 aromatic rings. The van der Waals surface area contributed by atoms with Crippen molar-refractivity contribution in [3.63, 3.8) is 0 Å². The molecule has 0 aliphatic heterocycles. The van der Waals surface area contributed by atoms with Crippen molar-refractivity contribution in [3.05, 3.63) is 65.4 Å². The molecule has 8 nitrogen and oxygen atoms in total. The molecule has 0 atom stereocenters. The fourth-order valence-corrected chi connectivity index (χ4v) is 3.04. The van der Waals surface area contributed by atoms with Gasteiger partial charge in [0, 0.05) is 29.8 Å². The van der Waals surface area contributed by atoms with Gasteiger partial charge in [-0.05, 0) is 41.0 Å². The summed E-state index contributed by atoms with van der Waals surface area (Å²) >= 11 is 0. The molecular weight excluding hydrogens is 384 g/mol. The van der Waals surface area contributed by atoms with E-state index in [1.54, 1.807) is 26.5 Å². The van der Waals surface area contributed by atoms with Crippen molar-refractivity contribution in [2.75, 3.05) is 25.7 Å². The van der Waals surface area contributed by atoms with Gasteiger partial charge < -0.3 is 26.0 Å². The minimum atomic E-state index is -1.01. The molecule has 5 N–H and O–H groups in total. The van der Waals surface area contributed by atoms with Crippen molar-refractivity contribution < 1.29 is 19.4 Å². The van der Waals surface area contributed by atoms with Gasteiger partial charge in [0.05, 0.1) is 14.2 Å². The lowest BCUT2D eigenvalue weighted by molar-refractivity contribution is -0.131. The molecule has 1 aromatic heterocycles. The summed E-state index contributed by atoms with van der Waals surface area (Å²) in [4.78, 5) is 18.8. The van der Waals surface area contributed by atoms with E-state index in [2.05, 4.69) is 9.97 Å². The summed E-state index contributed by atoms with van der Waals surface area (Å²) in [5.41, 5.74) is 15.7. The molecule has 0 radical (unpaired) electrons. The van der Waals surface area contributed by atoms with Gasteiger partial charge in [-0.3, -0.25) is 0 Å². The first-order valence-corrected chi connectivity index (χ1v) is 9.04. The third-order valence-corrected chi connectivity index (χ3v) is 4.47. The number of carboxylic acids is 1. The fraction of sp³-hybridized carbons (Fsp3) is 0.136. The molecule has 0 saturated heterocycles. The Kier molecular flexibility index (Phi) is 6.17. The van der Waals surface area contributed by atoms with Crippen molar-refractivity contribution in [2.45, 2.75) is 6.42 Å². The molecule has 0 aliphatic rings. The van der Waals surface area contributed by atoms with Crippen LogP contribution in [-0.4, -0.2) is 35.3 Å². The predicted octanol–water partition coefficient (Wildman–Crippen LogP) is 3.01. The number of carbonyl (C=O) groups is 1. The average molecular weight is 406 g/mol. The number of anilines is 2. The average Bonchev–Trinajstić information content (AvgIpc) is 2.73. The zero-order valence-electron chi connectivity index (χ0n) is 16.6. The number of methoxy groups -OCH3 is 2. The smallest absolute Gasteiger partial charge is 0.328 e. The lowest BCUT2D eigenvalue weighted by Gasteiger charge is -2.13. The topological polar surface area (TPSA) is 134 Å². The Morgan fingerprint density at radius 1 is 1.13 bits per heavy atom. The van der Waals surface area contributed by atoms with Gasteiger partial charge in [-0.1, -0.05) is 18.2 Å². The number of nitrogens with zero attached hydrogens (tertiary/aromatic N) is 2. The summed E-state index contributed by atoms with van der Waals surface area (Å²) in [7, 11) is 3.16. The number of benzene rings is 2. The van der Waals surface area contributed by atoms with Gasteiger partial charge in [0.1, 0.15) is 17.3 Å². The van der Waals surface area contributed by atoms with E-state index < -0.39 is 5.97 Å². The Morgan fingerprint density at radius 2 is 1.93 bits per heavy atom. The molecule has 154 valence electrons. The highest BCUT2D eigenvalue weighted by molar-refractivity contribution is 5.86. The SMILES string of the molecule is COc1cc(Cc2cnc(N)nc2N)cc(-c2ccc(/C=C/C(=O)O)cc2OC)c1. The van der Waals surface area contributed by atoms with E-state index >= 15 is 0 Å². The quantitative estimate of drug-likeness (QED) is 0.510. The van der Waals surface area contributed by atoms with E-state index in [1.165, 1.54) is 6.08 Å². The summed E-state index contributed by atoms with van der Waals surface area (Å²) in [6, 6.07) is 11.3. The highest BCUT2D eigenvalue weighted by Gasteiger charge is 2.12. The largest absolute Gasteiger partial charge is 0.497 e. The van der Waals surface area contributed by atoms with Gasteiger partial charge in [0.25, 0.3) is 0 Å². The monoisotopic (exact) mass is 406 g/mol. The first-order valence-electron chi connectivity index (χ1n) is 9.04. The third kappa shape index (κ3) is 4.85. The molecule has 0 unspecified atom stereocenters. The number of carboxylic acid groups (broad SMARTS) is 1. The number of aliphatic carboxylic acids is 1. The maximum absolute atomic E-state index is 10.8. The first-order chi connectivity index (χ1) is 14.4. The normalized spacial score (nSPS) is 10.9. The lowest BCUT2D eigenvalue weighted by Crippen LogP contribution is -2.04. The summed E-state index contributed by atoms with van der Waals surface area (Å²) in [5, 5.41) is 8.82. The summed E-state index contributed by atoms with van der Waals surface area (Å²) in [6.07, 6.45) is 4.70. The number of rotatable bonds is 7. The van der Waals surface area contributed by atoms with Crippen molar-refractivity contribution in [2.24, 2.45) is 0 Å². The minimum absolute atomic E-state index is 0.129. The van der Waals surface area contributed by atoms with Gasteiger partial charge in [-0.25, -0.2) is 9.78 Å². The van der Waals surface area contributed by atoms with Crippen LogP contribution in [0.4, 0.5) is 11.8 Å². The van der Waals surface area contributed by atoms with Crippen LogP contribution in [0.2, 0.25) is 0 Å². The van der Waals surface area contributed by atoms with Crippen LogP contribution in [-0.2, 0) is 11.2 Å². The first kappa shape index (κ1) is 20.7. The van der Waals surface area contributed by atoms with Gasteiger partial charge in [-0.15, -0.1) is 0 Å². The van der Waals surface area contributed by atoms with Crippen LogP contribution in [0, 0.1) is 0 Å². The number of nitrogen functional groups attached to an aromatic ring is 2. The molecule has 0 aliphatic carbocycles. The van der Waals surface area contributed by atoms with Crippen LogP contribution >= 0.6 is 0 Å². The highest BCUT2D eigenvalue weighted by atomic mass is 16.5. The van der Waals surface area contributed by atoms with Crippen LogP contribution in [0.5, 0.6) is 11.5 Å². The summed E-state index contributed by atoms with van der Waals surface area (Å²) < 4.78 is 11.0. The van der Waals surface area contributed by atoms with E-state index in [4.69, 9.17) is 26.0 Å². The highest BCUT2D eigenvalue weighted by Crippen LogP contribution is 2.34. The van der Waals surface area contributed by atoms with Crippen LogP contribution in [0.1, 0.15) is 16.7 Å².